The molecule has 0 radical (unpaired) electrons. The normalized spacial score (nSPS) is 47.4. The lowest BCUT2D eigenvalue weighted by Crippen LogP contribution is -2.94. The van der Waals surface area contributed by atoms with Crippen LogP contribution in [0.2, 0.25) is 0 Å². The molecule has 9 unspecified atom stereocenters. The van der Waals surface area contributed by atoms with Crippen LogP contribution in [0.25, 0.3) is 0 Å². The van der Waals surface area contributed by atoms with Gasteiger partial charge in [-0.2, -0.15) is 0 Å². The lowest BCUT2D eigenvalue weighted by Gasteiger charge is -2.52. The summed E-state index contributed by atoms with van der Waals surface area (Å²) in [5.41, 5.74) is 17.9. The molecule has 3 heterocycles. The summed E-state index contributed by atoms with van der Waals surface area (Å²) in [6, 6.07) is -0.456. The summed E-state index contributed by atoms with van der Waals surface area (Å²) < 4.78 is 24.9. The molecule has 0 aromatic carbocycles. The van der Waals surface area contributed by atoms with Crippen LogP contribution in [0.3, 0.4) is 0 Å². The van der Waals surface area contributed by atoms with Crippen molar-refractivity contribution in [3.63, 3.8) is 0 Å². The fraction of sp³-hybridized carbons (Fsp3) is 0.903. The highest BCUT2D eigenvalue weighted by Gasteiger charge is 2.60. The van der Waals surface area contributed by atoms with Gasteiger partial charge >= 0.3 is 5.96 Å². The van der Waals surface area contributed by atoms with Crippen molar-refractivity contribution in [1.29, 1.82) is 0 Å². The maximum atomic E-state index is 13.9. The Morgan fingerprint density at radius 1 is 0.933 bits per heavy atom. The lowest BCUT2D eigenvalue weighted by molar-refractivity contribution is -0.699. The highest BCUT2D eigenvalue weighted by molar-refractivity contribution is 6.00. The van der Waals surface area contributed by atoms with Crippen molar-refractivity contribution in [1.82, 2.24) is 0 Å². The van der Waals surface area contributed by atoms with Crippen molar-refractivity contribution in [3.05, 3.63) is 0 Å². The second-order valence-corrected chi connectivity index (χ2v) is 14.2. The highest BCUT2D eigenvalue weighted by atomic mass is 16.7. The van der Waals surface area contributed by atoms with Gasteiger partial charge < -0.3 is 39.6 Å². The molecule has 2 bridgehead atoms. The lowest BCUT2D eigenvalue weighted by atomic mass is 9.55. The van der Waals surface area contributed by atoms with Crippen LogP contribution in [-0.4, -0.2) is 114 Å². The molecule has 254 valence electrons. The van der Waals surface area contributed by atoms with E-state index in [2.05, 4.69) is 10.3 Å². The first-order valence-corrected chi connectivity index (χ1v) is 17.0. The van der Waals surface area contributed by atoms with Crippen LogP contribution in [0.1, 0.15) is 57.8 Å². The number of carbonyl (C=O) groups excluding carboxylic acids is 2. The zero-order valence-corrected chi connectivity index (χ0v) is 26.0. The highest BCUT2D eigenvalue weighted by Crippen LogP contribution is 2.49. The van der Waals surface area contributed by atoms with Gasteiger partial charge in [-0.15, -0.1) is 0 Å². The number of ketones is 2. The first kappa shape index (κ1) is 33.2. The molecular formula is C31H53N5O9+2. The van der Waals surface area contributed by atoms with Crippen molar-refractivity contribution in [2.75, 3.05) is 26.4 Å². The number of rotatable bonds is 5. The predicted molar refractivity (Wildman–Crippen MR) is 158 cm³/mol. The van der Waals surface area contributed by atoms with Crippen LogP contribution in [0.15, 0.2) is 0 Å². The predicted octanol–water partition coefficient (Wildman–Crippen LogP) is -4.43. The van der Waals surface area contributed by atoms with Crippen molar-refractivity contribution in [2.24, 2.45) is 52.7 Å². The maximum absolute atomic E-state index is 13.9. The number of carbonyl (C=O) groups is 2. The third-order valence-corrected chi connectivity index (χ3v) is 11.4. The molecule has 12 N–H and O–H groups in total. The van der Waals surface area contributed by atoms with Gasteiger partial charge in [-0.25, -0.2) is 0 Å². The monoisotopic (exact) mass is 639 g/mol. The third kappa shape index (κ3) is 6.81. The van der Waals surface area contributed by atoms with Gasteiger partial charge in [-0.1, -0.05) is 12.8 Å². The Morgan fingerprint density at radius 3 is 2.42 bits per heavy atom. The Hall–Kier alpha value is -1.75. The van der Waals surface area contributed by atoms with Crippen LogP contribution in [0.5, 0.6) is 0 Å². The molecule has 3 saturated heterocycles. The van der Waals surface area contributed by atoms with E-state index in [4.69, 9.17) is 36.1 Å². The average Bonchev–Trinajstić information content (AvgIpc) is 3.04. The molecular weight excluding hydrogens is 586 g/mol. The number of aliphatic hydroxyl groups is 3. The standard InChI is InChI=1S/C31H51N5O9/c32-21-11-14(5-8-35-21)6-10-43-29-27(41)25(39)20-13-42-9-7-19(36-31(33)34)17-12-18-22(26(40)28(17)45-30(29)44-20)24(38)16-4-2-1-3-15(16)23(18)37/h14-22,25-30,35,39-41H,1-13,32H2,(H4,33,34,36)/p+2/t14?,15?,16?,17?,18?,19-,20+,21?,22?,25+,26?,27-,28?,29+,30+/m1/s1. The molecule has 0 amide bonds. The number of guanidine groups is 1. The van der Waals surface area contributed by atoms with Crippen molar-refractivity contribution < 1.29 is 54.2 Å². The van der Waals surface area contributed by atoms with Crippen molar-refractivity contribution in [3.8, 4) is 0 Å². The minimum absolute atomic E-state index is 0.0146. The summed E-state index contributed by atoms with van der Waals surface area (Å²) in [4.78, 5) is 30.9. The van der Waals surface area contributed by atoms with Gasteiger partial charge in [0.2, 0.25) is 0 Å². The zero-order valence-electron chi connectivity index (χ0n) is 26.0. The van der Waals surface area contributed by atoms with E-state index in [0.29, 0.717) is 25.2 Å². The Bertz CT molecular complexity index is 1090. The number of nitrogens with one attached hydrogen (secondary N) is 1. The topological polar surface area (TPSA) is 240 Å². The largest absolute Gasteiger partial charge is 0.390 e. The van der Waals surface area contributed by atoms with Crippen LogP contribution < -0.4 is 27.5 Å². The summed E-state index contributed by atoms with van der Waals surface area (Å²) in [5.74, 6) is -2.43. The number of hydrogen-bond acceptors (Lipinski definition) is 10. The molecule has 6 aliphatic rings. The van der Waals surface area contributed by atoms with E-state index < -0.39 is 66.7 Å². The molecule has 0 aromatic heterocycles. The Kier molecular flexibility index (Phi) is 10.4. The number of piperidine rings is 1. The number of ether oxygens (including phenoxy) is 4. The summed E-state index contributed by atoms with van der Waals surface area (Å²) in [5, 5.41) is 36.4. The number of quaternary nitrogens is 1. The van der Waals surface area contributed by atoms with Gasteiger partial charge in [-0.05, 0) is 38.0 Å². The molecule has 0 aromatic rings. The maximum Gasteiger partial charge on any atom is 0.339 e. The molecule has 0 spiro atoms. The van der Waals surface area contributed by atoms with E-state index in [1.165, 1.54) is 0 Å². The van der Waals surface area contributed by atoms with Crippen LogP contribution >= 0.6 is 0 Å². The Morgan fingerprint density at radius 2 is 1.69 bits per heavy atom. The molecule has 14 heteroatoms. The molecule has 15 atom stereocenters. The minimum atomic E-state index is -1.35. The van der Waals surface area contributed by atoms with E-state index in [-0.39, 0.29) is 61.8 Å². The summed E-state index contributed by atoms with van der Waals surface area (Å²) >= 11 is 0. The quantitative estimate of drug-likeness (QED) is 0.0808. The molecule has 45 heavy (non-hydrogen) atoms. The molecule has 14 nitrogen and oxygen atoms in total. The Labute approximate surface area is 263 Å². The number of aliphatic hydroxyl groups excluding tert-OH is 3. The van der Waals surface area contributed by atoms with E-state index >= 15 is 0 Å². The van der Waals surface area contributed by atoms with E-state index in [0.717, 1.165) is 38.6 Å². The minimum Gasteiger partial charge on any atom is -0.390 e. The number of hydrogen-bond donors (Lipinski definition) is 8. The van der Waals surface area contributed by atoms with Gasteiger partial charge in [0.25, 0.3) is 0 Å². The van der Waals surface area contributed by atoms with Crippen LogP contribution in [0, 0.1) is 35.5 Å². The third-order valence-electron chi connectivity index (χ3n) is 11.4. The molecule has 6 rings (SSSR count). The Balaban J connectivity index is 1.29. The SMILES string of the molecule is NC(N)=[NH+][C@@H]1CCOC[C@@H]2O[C@@H](OC3C(O)C4C(=O)C5CCCCC5C(=O)C4CC31)[C@@H](OCCC1CC[NH2+]C(N)C1)[C@H](O)[C@H]2O. The first-order chi connectivity index (χ1) is 21.6. The van der Waals surface area contributed by atoms with Crippen LogP contribution in [0.4, 0.5) is 0 Å². The van der Waals surface area contributed by atoms with Crippen molar-refractivity contribution in [2.45, 2.75) is 113 Å². The fourth-order valence-electron chi connectivity index (χ4n) is 9.12. The fourth-order valence-corrected chi connectivity index (χ4v) is 9.12. The van der Waals surface area contributed by atoms with E-state index in [1.807, 2.05) is 0 Å². The average molecular weight is 640 g/mol. The van der Waals surface area contributed by atoms with Gasteiger partial charge in [0.1, 0.15) is 42.1 Å². The smallest absolute Gasteiger partial charge is 0.339 e. The van der Waals surface area contributed by atoms with Gasteiger partial charge in [0.05, 0.1) is 43.9 Å². The first-order valence-electron chi connectivity index (χ1n) is 17.0. The second-order valence-electron chi connectivity index (χ2n) is 14.2. The summed E-state index contributed by atoms with van der Waals surface area (Å²) in [6.07, 6.45) is -1.66. The van der Waals surface area contributed by atoms with Gasteiger partial charge in [0.15, 0.2) is 6.29 Å². The second kappa shape index (κ2) is 14.2. The summed E-state index contributed by atoms with van der Waals surface area (Å²) in [7, 11) is 0. The van der Waals surface area contributed by atoms with Crippen LogP contribution in [-0.2, 0) is 28.5 Å². The van der Waals surface area contributed by atoms with E-state index in [1.54, 1.807) is 0 Å². The molecule has 3 aliphatic carbocycles. The molecule has 6 fully saturated rings. The number of Topliss-reactive ketones (excluding diaryl/α,β-unsaturated/α-hetero) is 2. The summed E-state index contributed by atoms with van der Waals surface area (Å²) in [6.45, 7) is 1.44. The van der Waals surface area contributed by atoms with E-state index in [9.17, 15) is 24.9 Å². The van der Waals surface area contributed by atoms with Gasteiger partial charge in [-0.3, -0.25) is 31.8 Å². The zero-order chi connectivity index (χ0) is 31.8. The number of nitrogens with two attached hydrogens (primary N) is 4. The van der Waals surface area contributed by atoms with Gasteiger partial charge in [0, 0.05) is 43.1 Å². The molecule has 3 saturated carbocycles. The number of fused-ring (bicyclic) bond motifs is 5. The molecule has 3 aliphatic heterocycles. The van der Waals surface area contributed by atoms with Crippen molar-refractivity contribution >= 4 is 17.5 Å².